The molecule has 1 heterocycles. The summed E-state index contributed by atoms with van der Waals surface area (Å²) in [6, 6.07) is 9.24. The van der Waals surface area contributed by atoms with E-state index in [1.807, 2.05) is 11.3 Å². The summed E-state index contributed by atoms with van der Waals surface area (Å²) in [6.07, 6.45) is 3.76. The van der Waals surface area contributed by atoms with Gasteiger partial charge in [0.15, 0.2) is 0 Å². The average molecular weight is 322 g/mol. The molecule has 18 heavy (non-hydrogen) atoms. The van der Waals surface area contributed by atoms with Crippen LogP contribution in [0.25, 0.3) is 0 Å². The van der Waals surface area contributed by atoms with Gasteiger partial charge in [0.1, 0.15) is 0 Å². The van der Waals surface area contributed by atoms with E-state index < -0.39 is 0 Å². The van der Waals surface area contributed by atoms with Crippen LogP contribution < -0.4 is 5.32 Å². The molecule has 3 rings (SSSR count). The third-order valence-electron chi connectivity index (χ3n) is 3.51. The Morgan fingerprint density at radius 1 is 1.33 bits per heavy atom. The van der Waals surface area contributed by atoms with E-state index in [0.717, 1.165) is 4.47 Å². The van der Waals surface area contributed by atoms with Gasteiger partial charge >= 0.3 is 0 Å². The van der Waals surface area contributed by atoms with Crippen molar-refractivity contribution >= 4 is 33.0 Å². The molecule has 0 radical (unpaired) electrons. The van der Waals surface area contributed by atoms with E-state index in [0.29, 0.717) is 6.04 Å². The minimum Gasteiger partial charge on any atom is -0.377 e. The summed E-state index contributed by atoms with van der Waals surface area (Å²) < 4.78 is 1.16. The molecule has 0 aliphatic heterocycles. The molecular weight excluding hydrogens is 306 g/mol. The molecule has 0 spiro atoms. The second-order valence-electron chi connectivity index (χ2n) is 4.87. The highest BCUT2D eigenvalue weighted by atomic mass is 79.9. The summed E-state index contributed by atoms with van der Waals surface area (Å²) in [6.45, 7) is 2.12. The quantitative estimate of drug-likeness (QED) is 0.790. The van der Waals surface area contributed by atoms with Gasteiger partial charge in [0.25, 0.3) is 0 Å². The maximum Gasteiger partial charge on any atom is 0.0525 e. The van der Waals surface area contributed by atoms with Crippen molar-refractivity contribution in [2.24, 2.45) is 0 Å². The van der Waals surface area contributed by atoms with Crippen molar-refractivity contribution in [1.82, 2.24) is 0 Å². The number of rotatable bonds is 2. The lowest BCUT2D eigenvalue weighted by molar-refractivity contribution is 0.608. The SMILES string of the molecule is Cc1ccc(NC2CCCc3sccc32)c(Br)c1. The van der Waals surface area contributed by atoms with E-state index in [1.165, 1.54) is 36.1 Å². The van der Waals surface area contributed by atoms with Crippen LogP contribution in [-0.2, 0) is 6.42 Å². The lowest BCUT2D eigenvalue weighted by atomic mass is 9.94. The molecule has 1 atom stereocenters. The highest BCUT2D eigenvalue weighted by molar-refractivity contribution is 9.10. The normalized spacial score (nSPS) is 18.4. The van der Waals surface area contributed by atoms with E-state index in [4.69, 9.17) is 0 Å². The molecule has 0 amide bonds. The second kappa shape index (κ2) is 5.06. The zero-order valence-corrected chi connectivity index (χ0v) is 12.8. The fraction of sp³-hybridized carbons (Fsp3) is 0.333. The monoisotopic (exact) mass is 321 g/mol. The van der Waals surface area contributed by atoms with Gasteiger partial charge in [0.2, 0.25) is 0 Å². The summed E-state index contributed by atoms with van der Waals surface area (Å²) in [7, 11) is 0. The molecule has 1 N–H and O–H groups in total. The highest BCUT2D eigenvalue weighted by Gasteiger charge is 2.21. The van der Waals surface area contributed by atoms with Crippen molar-refractivity contribution < 1.29 is 0 Å². The Morgan fingerprint density at radius 2 is 2.22 bits per heavy atom. The van der Waals surface area contributed by atoms with Gasteiger partial charge in [-0.25, -0.2) is 0 Å². The molecule has 0 saturated carbocycles. The lowest BCUT2D eigenvalue weighted by Gasteiger charge is -2.25. The Hall–Kier alpha value is -0.800. The molecule has 0 saturated heterocycles. The Labute approximate surface area is 120 Å². The van der Waals surface area contributed by atoms with E-state index in [9.17, 15) is 0 Å². The average Bonchev–Trinajstić information content (AvgIpc) is 2.82. The first kappa shape index (κ1) is 12.2. The third-order valence-corrected chi connectivity index (χ3v) is 5.16. The maximum atomic E-state index is 3.68. The van der Waals surface area contributed by atoms with Crippen LogP contribution in [0, 0.1) is 6.92 Å². The van der Waals surface area contributed by atoms with Gasteiger partial charge in [-0.1, -0.05) is 6.07 Å². The first-order valence-corrected chi connectivity index (χ1v) is 8.00. The highest BCUT2D eigenvalue weighted by Crippen LogP contribution is 2.37. The number of fused-ring (bicyclic) bond motifs is 1. The number of hydrogen-bond donors (Lipinski definition) is 1. The van der Waals surface area contributed by atoms with Crippen molar-refractivity contribution in [1.29, 1.82) is 0 Å². The van der Waals surface area contributed by atoms with Gasteiger partial charge in [-0.2, -0.15) is 0 Å². The maximum absolute atomic E-state index is 3.68. The van der Waals surface area contributed by atoms with Crippen LogP contribution in [0.15, 0.2) is 34.1 Å². The smallest absolute Gasteiger partial charge is 0.0525 e. The number of nitrogens with one attached hydrogen (secondary N) is 1. The zero-order chi connectivity index (χ0) is 12.5. The summed E-state index contributed by atoms with van der Waals surface area (Å²) in [5.74, 6) is 0. The molecule has 1 unspecified atom stereocenters. The number of thiophene rings is 1. The lowest BCUT2D eigenvalue weighted by Crippen LogP contribution is -2.15. The summed E-state index contributed by atoms with van der Waals surface area (Å²) >= 11 is 5.54. The van der Waals surface area contributed by atoms with Crippen molar-refractivity contribution in [3.63, 3.8) is 0 Å². The van der Waals surface area contributed by atoms with Crippen molar-refractivity contribution in [2.45, 2.75) is 32.2 Å². The number of anilines is 1. The molecule has 1 aromatic carbocycles. The molecule has 2 aromatic rings. The van der Waals surface area contributed by atoms with Crippen molar-refractivity contribution in [2.75, 3.05) is 5.32 Å². The molecule has 1 aliphatic rings. The predicted octanol–water partition coefficient (Wildman–Crippen LogP) is 5.31. The second-order valence-corrected chi connectivity index (χ2v) is 6.73. The number of hydrogen-bond acceptors (Lipinski definition) is 2. The van der Waals surface area contributed by atoms with Crippen LogP contribution in [0.4, 0.5) is 5.69 Å². The summed E-state index contributed by atoms with van der Waals surface area (Å²) in [5, 5.41) is 5.90. The number of aryl methyl sites for hydroxylation is 2. The van der Waals surface area contributed by atoms with Crippen molar-refractivity contribution in [3.8, 4) is 0 Å². The molecule has 94 valence electrons. The number of halogens is 1. The Morgan fingerprint density at radius 3 is 3.06 bits per heavy atom. The first-order chi connectivity index (χ1) is 8.74. The van der Waals surface area contributed by atoms with Gasteiger partial charge in [-0.3, -0.25) is 0 Å². The molecule has 0 bridgehead atoms. The minimum atomic E-state index is 0.471. The summed E-state index contributed by atoms with van der Waals surface area (Å²) in [5.41, 5.74) is 3.98. The Bertz CT molecular complexity index is 561. The first-order valence-electron chi connectivity index (χ1n) is 6.33. The van der Waals surface area contributed by atoms with Gasteiger partial charge in [0.05, 0.1) is 6.04 Å². The van der Waals surface area contributed by atoms with Crippen LogP contribution in [0.1, 0.15) is 34.9 Å². The van der Waals surface area contributed by atoms with E-state index in [2.05, 4.69) is 57.8 Å². The van der Waals surface area contributed by atoms with Gasteiger partial charge in [0, 0.05) is 15.0 Å². The van der Waals surface area contributed by atoms with Crippen LogP contribution in [0.3, 0.4) is 0 Å². The van der Waals surface area contributed by atoms with Gasteiger partial charge < -0.3 is 5.32 Å². The van der Waals surface area contributed by atoms with Crippen molar-refractivity contribution in [3.05, 3.63) is 50.1 Å². The van der Waals surface area contributed by atoms with E-state index in [-0.39, 0.29) is 0 Å². The predicted molar refractivity (Wildman–Crippen MR) is 82.5 cm³/mol. The Kier molecular flexibility index (Phi) is 3.44. The Balaban J connectivity index is 1.86. The molecule has 0 fully saturated rings. The minimum absolute atomic E-state index is 0.471. The molecule has 1 aromatic heterocycles. The molecule has 1 nitrogen and oxygen atoms in total. The molecular formula is C15H16BrNS. The van der Waals surface area contributed by atoms with E-state index in [1.54, 1.807) is 4.88 Å². The van der Waals surface area contributed by atoms with Crippen LogP contribution in [-0.4, -0.2) is 0 Å². The fourth-order valence-electron chi connectivity index (χ4n) is 2.56. The van der Waals surface area contributed by atoms with Crippen LogP contribution >= 0.6 is 27.3 Å². The van der Waals surface area contributed by atoms with E-state index >= 15 is 0 Å². The van der Waals surface area contributed by atoms with Gasteiger partial charge in [-0.05, 0) is 76.8 Å². The fourth-order valence-corrected chi connectivity index (χ4v) is 4.16. The van der Waals surface area contributed by atoms with Gasteiger partial charge in [-0.15, -0.1) is 11.3 Å². The zero-order valence-electron chi connectivity index (χ0n) is 10.4. The van der Waals surface area contributed by atoms with Crippen LogP contribution in [0.2, 0.25) is 0 Å². The molecule has 1 aliphatic carbocycles. The third kappa shape index (κ3) is 2.34. The largest absolute Gasteiger partial charge is 0.377 e. The molecule has 3 heteroatoms. The van der Waals surface area contributed by atoms with Crippen LogP contribution in [0.5, 0.6) is 0 Å². The standard InChI is InChI=1S/C15H16BrNS/c1-10-5-6-14(12(16)9-10)17-13-3-2-4-15-11(13)7-8-18-15/h5-9,13,17H,2-4H2,1H3. The topological polar surface area (TPSA) is 12.0 Å². The summed E-state index contributed by atoms with van der Waals surface area (Å²) in [4.78, 5) is 1.56. The number of benzene rings is 1.